The second kappa shape index (κ2) is 9.46. The molecule has 6 heteroatoms. The molecule has 1 N–H and O–H groups in total. The summed E-state index contributed by atoms with van der Waals surface area (Å²) >= 11 is 0. The van der Waals surface area contributed by atoms with E-state index >= 15 is 0 Å². The molecule has 5 nitrogen and oxygen atoms in total. The maximum Gasteiger partial charge on any atom is 0.240 e. The second-order valence-corrected chi connectivity index (χ2v) is 8.76. The Kier molecular flexibility index (Phi) is 7.01. The molecule has 146 valence electrons. The maximum absolute atomic E-state index is 12.3. The SMILES string of the molecule is Cc1cccc(S(=O)(=O)NCCCCN2CCOC(c3ccccc3)C2)c1. The third kappa shape index (κ3) is 5.87. The van der Waals surface area contributed by atoms with Crippen molar-refractivity contribution in [3.63, 3.8) is 0 Å². The molecule has 0 aliphatic carbocycles. The summed E-state index contributed by atoms with van der Waals surface area (Å²) in [5.41, 5.74) is 2.16. The van der Waals surface area contributed by atoms with E-state index in [2.05, 4.69) is 21.8 Å². The normalized spacial score (nSPS) is 18.5. The predicted octanol–water partition coefficient (Wildman–Crippen LogP) is 3.13. The highest BCUT2D eigenvalue weighted by molar-refractivity contribution is 7.89. The molecule has 0 spiro atoms. The number of nitrogens with one attached hydrogen (secondary N) is 1. The summed E-state index contributed by atoms with van der Waals surface area (Å²) in [7, 11) is -3.42. The monoisotopic (exact) mass is 388 g/mol. The molecule has 1 aliphatic heterocycles. The molecule has 0 amide bonds. The quantitative estimate of drug-likeness (QED) is 0.706. The average molecular weight is 389 g/mol. The molecule has 1 unspecified atom stereocenters. The Hall–Kier alpha value is -1.73. The Morgan fingerprint density at radius 1 is 1.11 bits per heavy atom. The van der Waals surface area contributed by atoms with Crippen molar-refractivity contribution < 1.29 is 13.2 Å². The van der Waals surface area contributed by atoms with Gasteiger partial charge in [-0.15, -0.1) is 0 Å². The summed E-state index contributed by atoms with van der Waals surface area (Å²) in [5.74, 6) is 0. The first-order chi connectivity index (χ1) is 13.0. The average Bonchev–Trinajstić information content (AvgIpc) is 2.68. The fourth-order valence-corrected chi connectivity index (χ4v) is 4.49. The number of hydrogen-bond donors (Lipinski definition) is 1. The van der Waals surface area contributed by atoms with Gasteiger partial charge >= 0.3 is 0 Å². The predicted molar refractivity (Wildman–Crippen MR) is 107 cm³/mol. The second-order valence-electron chi connectivity index (χ2n) is 6.99. The summed E-state index contributed by atoms with van der Waals surface area (Å²) < 4.78 is 33.2. The molecule has 1 saturated heterocycles. The first-order valence-corrected chi connectivity index (χ1v) is 11.0. The fourth-order valence-electron chi connectivity index (χ4n) is 3.31. The van der Waals surface area contributed by atoms with Gasteiger partial charge in [-0.05, 0) is 49.6 Å². The van der Waals surface area contributed by atoms with Crippen molar-refractivity contribution in [1.29, 1.82) is 0 Å². The van der Waals surface area contributed by atoms with Crippen LogP contribution < -0.4 is 4.72 Å². The van der Waals surface area contributed by atoms with E-state index in [0.29, 0.717) is 11.4 Å². The zero-order chi connectivity index (χ0) is 19.1. The Morgan fingerprint density at radius 3 is 2.70 bits per heavy atom. The van der Waals surface area contributed by atoms with Gasteiger partial charge in [0.2, 0.25) is 10.0 Å². The van der Waals surface area contributed by atoms with Gasteiger partial charge in [-0.1, -0.05) is 42.5 Å². The number of nitrogens with zero attached hydrogens (tertiary/aromatic N) is 1. The molecule has 1 fully saturated rings. The molecular weight excluding hydrogens is 360 g/mol. The summed E-state index contributed by atoms with van der Waals surface area (Å²) in [6, 6.07) is 17.3. The van der Waals surface area contributed by atoms with Gasteiger partial charge in [0, 0.05) is 19.6 Å². The molecule has 0 aromatic heterocycles. The molecule has 1 atom stereocenters. The minimum Gasteiger partial charge on any atom is -0.371 e. The van der Waals surface area contributed by atoms with Crippen LogP contribution in [0.2, 0.25) is 0 Å². The van der Waals surface area contributed by atoms with Gasteiger partial charge < -0.3 is 4.74 Å². The lowest BCUT2D eigenvalue weighted by Crippen LogP contribution is -2.39. The lowest BCUT2D eigenvalue weighted by Gasteiger charge is -2.33. The lowest BCUT2D eigenvalue weighted by molar-refractivity contribution is -0.0303. The number of sulfonamides is 1. The molecule has 1 heterocycles. The maximum atomic E-state index is 12.3. The molecule has 2 aromatic rings. The third-order valence-electron chi connectivity index (χ3n) is 4.81. The third-order valence-corrected chi connectivity index (χ3v) is 6.27. The number of hydrogen-bond acceptors (Lipinski definition) is 4. The molecule has 1 aliphatic rings. The molecule has 3 rings (SSSR count). The van der Waals surface area contributed by atoms with Crippen LogP contribution in [0.3, 0.4) is 0 Å². The fraction of sp³-hybridized carbons (Fsp3) is 0.429. The topological polar surface area (TPSA) is 58.6 Å². The van der Waals surface area contributed by atoms with Gasteiger partial charge in [-0.2, -0.15) is 0 Å². The van der Waals surface area contributed by atoms with Crippen LogP contribution in [0.4, 0.5) is 0 Å². The van der Waals surface area contributed by atoms with E-state index in [0.717, 1.165) is 44.6 Å². The van der Waals surface area contributed by atoms with Gasteiger partial charge in [0.15, 0.2) is 0 Å². The standard InChI is InChI=1S/C21H28N2O3S/c1-18-8-7-11-20(16-18)27(24,25)22-12-5-6-13-23-14-15-26-21(17-23)19-9-3-2-4-10-19/h2-4,7-11,16,21-22H,5-6,12-15,17H2,1H3. The van der Waals surface area contributed by atoms with Crippen LogP contribution in [0.25, 0.3) is 0 Å². The number of morpholine rings is 1. The van der Waals surface area contributed by atoms with Crippen molar-refractivity contribution in [3.05, 3.63) is 65.7 Å². The van der Waals surface area contributed by atoms with E-state index in [1.54, 1.807) is 18.2 Å². The van der Waals surface area contributed by atoms with Crippen LogP contribution in [0.15, 0.2) is 59.5 Å². The van der Waals surface area contributed by atoms with E-state index in [9.17, 15) is 8.42 Å². The Bertz CT molecular complexity index is 824. The van der Waals surface area contributed by atoms with Crippen molar-refractivity contribution in [1.82, 2.24) is 9.62 Å². The van der Waals surface area contributed by atoms with Crippen molar-refractivity contribution in [2.24, 2.45) is 0 Å². The van der Waals surface area contributed by atoms with Crippen LogP contribution in [0.1, 0.15) is 30.1 Å². The van der Waals surface area contributed by atoms with Crippen LogP contribution in [0.5, 0.6) is 0 Å². The Balaban J connectivity index is 1.40. The van der Waals surface area contributed by atoms with Crippen LogP contribution >= 0.6 is 0 Å². The van der Waals surface area contributed by atoms with E-state index in [4.69, 9.17) is 4.74 Å². The molecular formula is C21H28N2O3S. The van der Waals surface area contributed by atoms with Crippen LogP contribution in [-0.2, 0) is 14.8 Å². The van der Waals surface area contributed by atoms with Gasteiger partial charge in [0.05, 0.1) is 17.6 Å². The first kappa shape index (κ1) is 20.0. The van der Waals surface area contributed by atoms with Crippen molar-refractivity contribution in [2.75, 3.05) is 32.8 Å². The molecule has 0 saturated carbocycles. The van der Waals surface area contributed by atoms with Gasteiger partial charge in [0.1, 0.15) is 0 Å². The van der Waals surface area contributed by atoms with Crippen LogP contribution in [-0.4, -0.2) is 46.1 Å². The van der Waals surface area contributed by atoms with Crippen LogP contribution in [0, 0.1) is 6.92 Å². The minimum absolute atomic E-state index is 0.125. The smallest absolute Gasteiger partial charge is 0.240 e. The van der Waals surface area contributed by atoms with E-state index in [1.165, 1.54) is 5.56 Å². The summed E-state index contributed by atoms with van der Waals surface area (Å²) in [4.78, 5) is 2.73. The first-order valence-electron chi connectivity index (χ1n) is 9.50. The lowest BCUT2D eigenvalue weighted by atomic mass is 10.1. The molecule has 27 heavy (non-hydrogen) atoms. The number of unbranched alkanes of at least 4 members (excludes halogenated alkanes) is 1. The van der Waals surface area contributed by atoms with Gasteiger partial charge in [0.25, 0.3) is 0 Å². The molecule has 0 bridgehead atoms. The minimum atomic E-state index is -3.42. The van der Waals surface area contributed by atoms with E-state index in [1.807, 2.05) is 31.2 Å². The highest BCUT2D eigenvalue weighted by Gasteiger charge is 2.21. The van der Waals surface area contributed by atoms with Gasteiger partial charge in [-0.25, -0.2) is 13.1 Å². The molecule has 0 radical (unpaired) electrons. The van der Waals surface area contributed by atoms with Crippen molar-refractivity contribution >= 4 is 10.0 Å². The van der Waals surface area contributed by atoms with E-state index < -0.39 is 10.0 Å². The number of benzene rings is 2. The van der Waals surface area contributed by atoms with Gasteiger partial charge in [-0.3, -0.25) is 4.90 Å². The Morgan fingerprint density at radius 2 is 1.93 bits per heavy atom. The summed E-state index contributed by atoms with van der Waals surface area (Å²) in [5, 5.41) is 0. The van der Waals surface area contributed by atoms with Crippen molar-refractivity contribution in [3.8, 4) is 0 Å². The summed E-state index contributed by atoms with van der Waals surface area (Å²) in [6.07, 6.45) is 1.90. The van der Waals surface area contributed by atoms with Crippen molar-refractivity contribution in [2.45, 2.75) is 30.8 Å². The highest BCUT2D eigenvalue weighted by Crippen LogP contribution is 2.22. The zero-order valence-corrected chi connectivity index (χ0v) is 16.6. The highest BCUT2D eigenvalue weighted by atomic mass is 32.2. The summed E-state index contributed by atoms with van der Waals surface area (Å²) in [6.45, 7) is 5.86. The number of ether oxygens (including phenoxy) is 1. The molecule has 2 aromatic carbocycles. The van der Waals surface area contributed by atoms with E-state index in [-0.39, 0.29) is 6.10 Å². The Labute approximate surface area is 162 Å². The number of rotatable bonds is 8. The zero-order valence-electron chi connectivity index (χ0n) is 15.8. The largest absolute Gasteiger partial charge is 0.371 e. The number of aryl methyl sites for hydroxylation is 1.